The Bertz CT molecular complexity index is 794. The van der Waals surface area contributed by atoms with E-state index in [0.29, 0.717) is 6.42 Å². The van der Waals surface area contributed by atoms with Crippen LogP contribution in [0.3, 0.4) is 0 Å². The molecule has 0 saturated carbocycles. The van der Waals surface area contributed by atoms with Crippen LogP contribution in [0.2, 0.25) is 0 Å². The van der Waals surface area contributed by atoms with Crippen LogP contribution in [-0.2, 0) is 18.4 Å². The number of unbranched alkanes of at least 4 members (excludes halogenated alkanes) is 22. The molecule has 0 heterocycles. The number of phosphoric acid groups is 1. The second-order valence-electron chi connectivity index (χ2n) is 13.1. The van der Waals surface area contributed by atoms with Crippen molar-refractivity contribution in [3.8, 4) is 0 Å². The number of amides is 1. The van der Waals surface area contributed by atoms with Crippen LogP contribution in [0.15, 0.2) is 24.3 Å². The average molecular weight is 687 g/mol. The summed E-state index contributed by atoms with van der Waals surface area (Å²) in [5, 5.41) is 13.5. The lowest BCUT2D eigenvalue weighted by molar-refractivity contribution is -0.123. The van der Waals surface area contributed by atoms with Crippen molar-refractivity contribution in [2.75, 3.05) is 19.8 Å². The van der Waals surface area contributed by atoms with E-state index < -0.39 is 20.0 Å². The summed E-state index contributed by atoms with van der Waals surface area (Å²) in [5.74, 6) is -0.204. The van der Waals surface area contributed by atoms with Gasteiger partial charge >= 0.3 is 7.82 Å². The molecule has 0 aromatic heterocycles. The number of nitrogens with one attached hydrogen (secondary N) is 1. The van der Waals surface area contributed by atoms with E-state index in [4.69, 9.17) is 14.8 Å². The molecule has 0 spiro atoms. The van der Waals surface area contributed by atoms with Crippen molar-refractivity contribution >= 4 is 13.7 Å². The van der Waals surface area contributed by atoms with Gasteiger partial charge in [-0.1, -0.05) is 167 Å². The molecule has 0 fully saturated rings. The Balaban J connectivity index is 4.21. The maximum Gasteiger partial charge on any atom is 0.472 e. The third-order valence-corrected chi connectivity index (χ3v) is 9.51. The second-order valence-corrected chi connectivity index (χ2v) is 14.6. The van der Waals surface area contributed by atoms with Crippen LogP contribution in [-0.4, -0.2) is 47.8 Å². The van der Waals surface area contributed by atoms with Crippen LogP contribution in [0.5, 0.6) is 0 Å². The first-order valence-corrected chi connectivity index (χ1v) is 21.0. The van der Waals surface area contributed by atoms with Crippen molar-refractivity contribution in [3.05, 3.63) is 24.3 Å². The van der Waals surface area contributed by atoms with E-state index in [1.165, 1.54) is 122 Å². The summed E-state index contributed by atoms with van der Waals surface area (Å²) < 4.78 is 22.0. The highest BCUT2D eigenvalue weighted by molar-refractivity contribution is 7.47. The van der Waals surface area contributed by atoms with Gasteiger partial charge in [-0.15, -0.1) is 0 Å². The molecule has 47 heavy (non-hydrogen) atoms. The predicted molar refractivity (Wildman–Crippen MR) is 198 cm³/mol. The van der Waals surface area contributed by atoms with E-state index in [0.717, 1.165) is 38.5 Å². The quantitative estimate of drug-likeness (QED) is 0.0293. The smallest absolute Gasteiger partial charge is 0.387 e. The normalized spacial score (nSPS) is 14.6. The first-order chi connectivity index (χ1) is 22.9. The fourth-order valence-electron chi connectivity index (χ4n) is 5.56. The lowest BCUT2D eigenvalue weighted by Gasteiger charge is -2.23. The molecule has 3 unspecified atom stereocenters. The van der Waals surface area contributed by atoms with Gasteiger partial charge < -0.3 is 21.1 Å². The third kappa shape index (κ3) is 33.3. The van der Waals surface area contributed by atoms with Gasteiger partial charge in [0.2, 0.25) is 5.91 Å². The van der Waals surface area contributed by atoms with Crippen LogP contribution in [0.4, 0.5) is 0 Å². The molecule has 3 atom stereocenters. The molecule has 0 bridgehead atoms. The molecule has 9 heteroatoms. The molecule has 0 aliphatic heterocycles. The van der Waals surface area contributed by atoms with Crippen LogP contribution < -0.4 is 11.1 Å². The van der Waals surface area contributed by atoms with Gasteiger partial charge in [0.1, 0.15) is 0 Å². The van der Waals surface area contributed by atoms with Gasteiger partial charge in [-0.2, -0.15) is 0 Å². The highest BCUT2D eigenvalue weighted by Gasteiger charge is 2.26. The minimum atomic E-state index is -4.33. The fourth-order valence-corrected chi connectivity index (χ4v) is 6.32. The average Bonchev–Trinajstić information content (AvgIpc) is 3.05. The standard InChI is InChI=1S/C38H75N2O6P/c1-3-5-7-9-11-13-15-16-17-18-19-20-21-22-24-26-28-30-32-38(42)40-36(35-46-47(43,44)45-34-33-39)37(41)31-29-27-25-23-14-12-10-8-6-4-2/h14,23,29,31,36-37,41H,3-13,15-22,24-28,30,32-35,39H2,1-2H3,(H,40,42)(H,43,44)/b23-14+,31-29+. The Morgan fingerprint density at radius 1 is 0.681 bits per heavy atom. The largest absolute Gasteiger partial charge is 0.472 e. The third-order valence-electron chi connectivity index (χ3n) is 8.53. The topological polar surface area (TPSA) is 131 Å². The Labute approximate surface area is 289 Å². The highest BCUT2D eigenvalue weighted by Crippen LogP contribution is 2.43. The monoisotopic (exact) mass is 687 g/mol. The Morgan fingerprint density at radius 2 is 1.13 bits per heavy atom. The van der Waals surface area contributed by atoms with Gasteiger partial charge in [-0.05, 0) is 32.1 Å². The zero-order valence-corrected chi connectivity index (χ0v) is 31.4. The molecule has 0 aliphatic rings. The van der Waals surface area contributed by atoms with Crippen molar-refractivity contribution in [2.24, 2.45) is 5.73 Å². The minimum absolute atomic E-state index is 0.0754. The molecule has 278 valence electrons. The Kier molecular flexibility index (Phi) is 34.1. The van der Waals surface area contributed by atoms with E-state index in [9.17, 15) is 19.4 Å². The molecule has 5 N–H and O–H groups in total. The number of hydrogen-bond donors (Lipinski definition) is 4. The van der Waals surface area contributed by atoms with Gasteiger partial charge in [0, 0.05) is 13.0 Å². The zero-order valence-electron chi connectivity index (χ0n) is 30.5. The molecule has 0 radical (unpaired) electrons. The Morgan fingerprint density at radius 3 is 1.64 bits per heavy atom. The van der Waals surface area contributed by atoms with E-state index in [-0.39, 0.29) is 25.7 Å². The molecule has 0 aromatic carbocycles. The van der Waals surface area contributed by atoms with E-state index in [1.54, 1.807) is 6.08 Å². The number of nitrogens with two attached hydrogens (primary N) is 1. The molecule has 0 aromatic rings. The van der Waals surface area contributed by atoms with Gasteiger partial charge in [0.05, 0.1) is 25.4 Å². The van der Waals surface area contributed by atoms with Gasteiger partial charge in [-0.3, -0.25) is 13.8 Å². The molecular weight excluding hydrogens is 611 g/mol. The highest BCUT2D eigenvalue weighted by atomic mass is 31.2. The number of aliphatic hydroxyl groups is 1. The minimum Gasteiger partial charge on any atom is -0.387 e. The summed E-state index contributed by atoms with van der Waals surface area (Å²) in [4.78, 5) is 22.6. The second kappa shape index (κ2) is 34.8. The van der Waals surface area contributed by atoms with Crippen molar-refractivity contribution in [2.45, 2.75) is 193 Å². The summed E-state index contributed by atoms with van der Waals surface area (Å²) >= 11 is 0. The number of aliphatic hydroxyl groups excluding tert-OH is 1. The summed E-state index contributed by atoms with van der Waals surface area (Å²) in [7, 11) is -4.33. The molecule has 0 aliphatic carbocycles. The Hall–Kier alpha value is -1.02. The number of carbonyl (C=O) groups is 1. The van der Waals surface area contributed by atoms with Crippen molar-refractivity contribution < 1.29 is 28.4 Å². The van der Waals surface area contributed by atoms with E-state index >= 15 is 0 Å². The SMILES string of the molecule is CCCCCC/C=C/CC/C=C/C(O)C(COP(=O)(O)OCCN)NC(=O)CCCCCCCCCCCCCCCCCCCC. The summed E-state index contributed by atoms with van der Waals surface area (Å²) in [5.41, 5.74) is 5.35. The summed E-state index contributed by atoms with van der Waals surface area (Å²) in [6, 6.07) is -0.870. The lowest BCUT2D eigenvalue weighted by Crippen LogP contribution is -2.45. The number of carbonyl (C=O) groups excluding carboxylic acids is 1. The number of rotatable bonds is 36. The van der Waals surface area contributed by atoms with Crippen molar-refractivity contribution in [1.29, 1.82) is 0 Å². The molecular formula is C38H75N2O6P. The number of hydrogen-bond acceptors (Lipinski definition) is 6. The predicted octanol–water partition coefficient (Wildman–Crippen LogP) is 10.2. The van der Waals surface area contributed by atoms with Gasteiger partial charge in [0.15, 0.2) is 0 Å². The van der Waals surface area contributed by atoms with Gasteiger partial charge in [0.25, 0.3) is 0 Å². The van der Waals surface area contributed by atoms with Gasteiger partial charge in [-0.25, -0.2) is 4.57 Å². The summed E-state index contributed by atoms with van der Waals surface area (Å²) in [6.45, 7) is 4.07. The first kappa shape index (κ1) is 46.0. The first-order valence-electron chi connectivity index (χ1n) is 19.5. The molecule has 0 rings (SSSR count). The fraction of sp³-hybridized carbons (Fsp3) is 0.868. The lowest BCUT2D eigenvalue weighted by atomic mass is 10.0. The maximum atomic E-state index is 12.7. The summed E-state index contributed by atoms with van der Waals surface area (Å²) in [6.07, 6.45) is 38.0. The van der Waals surface area contributed by atoms with Crippen LogP contribution in [0, 0.1) is 0 Å². The molecule has 1 amide bonds. The molecule has 8 nitrogen and oxygen atoms in total. The number of allylic oxidation sites excluding steroid dienone is 3. The van der Waals surface area contributed by atoms with E-state index in [1.807, 2.05) is 6.08 Å². The van der Waals surface area contributed by atoms with Crippen LogP contribution >= 0.6 is 7.82 Å². The van der Waals surface area contributed by atoms with Crippen molar-refractivity contribution in [1.82, 2.24) is 5.32 Å². The zero-order chi connectivity index (χ0) is 34.7. The maximum absolute atomic E-state index is 12.7. The van der Waals surface area contributed by atoms with Crippen LogP contribution in [0.1, 0.15) is 181 Å². The van der Waals surface area contributed by atoms with E-state index in [2.05, 4.69) is 31.3 Å². The number of phosphoric ester groups is 1. The van der Waals surface area contributed by atoms with Crippen LogP contribution in [0.25, 0.3) is 0 Å². The van der Waals surface area contributed by atoms with Crippen molar-refractivity contribution in [3.63, 3.8) is 0 Å². The molecule has 0 saturated heterocycles.